The van der Waals surface area contributed by atoms with Crippen molar-refractivity contribution < 1.29 is 4.39 Å². The second kappa shape index (κ2) is 6.66. The first-order valence-corrected chi connectivity index (χ1v) is 7.80. The molecule has 1 aromatic carbocycles. The zero-order chi connectivity index (χ0) is 16.2. The predicted molar refractivity (Wildman–Crippen MR) is 88.9 cm³/mol. The van der Waals surface area contributed by atoms with Crippen LogP contribution in [0.4, 0.5) is 15.9 Å². The number of pyridine rings is 1. The number of halogens is 1. The number of rotatable bonds is 3. The number of nitrogens with one attached hydrogen (secondary N) is 1. The first-order chi connectivity index (χ1) is 11.2. The molecular weight excluding hydrogens is 291 g/mol. The van der Waals surface area contributed by atoms with Gasteiger partial charge in [0.15, 0.2) is 0 Å². The highest BCUT2D eigenvalue weighted by Gasteiger charge is 2.20. The largest absolute Gasteiger partial charge is 0.369 e. The summed E-state index contributed by atoms with van der Waals surface area (Å²) in [5.41, 5.74) is 2.24. The number of piperidine rings is 1. The fourth-order valence-electron chi connectivity index (χ4n) is 2.93. The van der Waals surface area contributed by atoms with E-state index in [0.717, 1.165) is 43.0 Å². The normalized spacial score (nSPS) is 17.6. The summed E-state index contributed by atoms with van der Waals surface area (Å²) in [6, 6.07) is 12.8. The third-order valence-electron chi connectivity index (χ3n) is 4.15. The van der Waals surface area contributed by atoms with Crippen molar-refractivity contribution in [1.82, 2.24) is 4.98 Å². The molecule has 0 aliphatic carbocycles. The van der Waals surface area contributed by atoms with Crippen LogP contribution in [0.5, 0.6) is 0 Å². The second-order valence-electron chi connectivity index (χ2n) is 5.88. The van der Waals surface area contributed by atoms with Crippen molar-refractivity contribution in [1.29, 1.82) is 5.26 Å². The Morgan fingerprint density at radius 3 is 3.00 bits per heavy atom. The Bertz CT molecular complexity index is 738. The fraction of sp³-hybridized carbons (Fsp3) is 0.333. The number of nitrogens with zero attached hydrogens (tertiary/aromatic N) is 3. The molecule has 1 saturated heterocycles. The summed E-state index contributed by atoms with van der Waals surface area (Å²) < 4.78 is 13.4. The van der Waals surface area contributed by atoms with Crippen LogP contribution >= 0.6 is 0 Å². The molecule has 1 aromatic heterocycles. The molecular formula is C18H19FN4. The van der Waals surface area contributed by atoms with Gasteiger partial charge < -0.3 is 10.2 Å². The number of hydrogen-bond donors (Lipinski definition) is 1. The maximum absolute atomic E-state index is 13.4. The fourth-order valence-corrected chi connectivity index (χ4v) is 2.93. The minimum atomic E-state index is -0.212. The Morgan fingerprint density at radius 1 is 1.35 bits per heavy atom. The van der Waals surface area contributed by atoms with Gasteiger partial charge in [-0.1, -0.05) is 12.1 Å². The molecule has 1 unspecified atom stereocenters. The lowest BCUT2D eigenvalue weighted by molar-refractivity contribution is 0.527. The van der Waals surface area contributed by atoms with Crippen molar-refractivity contribution >= 4 is 11.5 Å². The highest BCUT2D eigenvalue weighted by molar-refractivity contribution is 5.48. The summed E-state index contributed by atoms with van der Waals surface area (Å²) in [4.78, 5) is 6.53. The highest BCUT2D eigenvalue weighted by Crippen LogP contribution is 2.22. The first kappa shape index (κ1) is 15.3. The van der Waals surface area contributed by atoms with Gasteiger partial charge in [0.2, 0.25) is 0 Å². The number of benzene rings is 1. The third kappa shape index (κ3) is 3.59. The minimum Gasteiger partial charge on any atom is -0.369 e. The Balaban J connectivity index is 1.71. The van der Waals surface area contributed by atoms with E-state index in [1.54, 1.807) is 12.1 Å². The van der Waals surface area contributed by atoms with Crippen molar-refractivity contribution in [3.63, 3.8) is 0 Å². The maximum Gasteiger partial charge on any atom is 0.145 e. The van der Waals surface area contributed by atoms with Crippen LogP contribution in [0.3, 0.4) is 0 Å². The molecule has 0 radical (unpaired) electrons. The van der Waals surface area contributed by atoms with Crippen molar-refractivity contribution in [2.45, 2.75) is 25.8 Å². The molecule has 5 heteroatoms. The van der Waals surface area contributed by atoms with Gasteiger partial charge in [-0.25, -0.2) is 9.37 Å². The van der Waals surface area contributed by atoms with Crippen LogP contribution in [-0.4, -0.2) is 24.1 Å². The summed E-state index contributed by atoms with van der Waals surface area (Å²) >= 11 is 0. The molecule has 1 aliphatic heterocycles. The van der Waals surface area contributed by atoms with E-state index in [-0.39, 0.29) is 11.9 Å². The molecule has 0 bridgehead atoms. The molecule has 2 aromatic rings. The molecule has 0 amide bonds. The Morgan fingerprint density at radius 2 is 2.22 bits per heavy atom. The number of anilines is 2. The maximum atomic E-state index is 13.4. The van der Waals surface area contributed by atoms with Gasteiger partial charge in [0.25, 0.3) is 0 Å². The molecule has 23 heavy (non-hydrogen) atoms. The Kier molecular flexibility index (Phi) is 4.42. The number of nitriles is 1. The lowest BCUT2D eigenvalue weighted by Gasteiger charge is -2.35. The Hall–Kier alpha value is -2.61. The zero-order valence-corrected chi connectivity index (χ0v) is 13.1. The molecule has 0 spiro atoms. The molecule has 0 saturated carbocycles. The first-order valence-electron chi connectivity index (χ1n) is 7.80. The molecule has 3 rings (SSSR count). The standard InChI is InChI=1S/C18H19FN4/c1-13-7-8-18(22-17(13)11-20)21-15-5-3-9-23(12-15)16-6-2-4-14(19)10-16/h2,4,6-8,10,15H,3,5,9,12H2,1H3,(H,21,22). The highest BCUT2D eigenvalue weighted by atomic mass is 19.1. The molecule has 4 nitrogen and oxygen atoms in total. The smallest absolute Gasteiger partial charge is 0.145 e. The van der Waals surface area contributed by atoms with Crippen LogP contribution < -0.4 is 10.2 Å². The van der Waals surface area contributed by atoms with E-state index in [0.29, 0.717) is 5.69 Å². The quantitative estimate of drug-likeness (QED) is 0.943. The molecule has 118 valence electrons. The lowest BCUT2D eigenvalue weighted by Crippen LogP contribution is -2.42. The van der Waals surface area contributed by atoms with Gasteiger partial charge in [0.1, 0.15) is 23.4 Å². The van der Waals surface area contributed by atoms with E-state index in [4.69, 9.17) is 5.26 Å². The van der Waals surface area contributed by atoms with E-state index >= 15 is 0 Å². The van der Waals surface area contributed by atoms with E-state index in [1.807, 2.05) is 25.1 Å². The van der Waals surface area contributed by atoms with Gasteiger partial charge >= 0.3 is 0 Å². The molecule has 2 heterocycles. The van der Waals surface area contributed by atoms with Crippen molar-refractivity contribution in [3.8, 4) is 6.07 Å². The van der Waals surface area contributed by atoms with Crippen molar-refractivity contribution in [3.05, 3.63) is 53.5 Å². The number of aryl methyl sites for hydroxylation is 1. The van der Waals surface area contributed by atoms with Gasteiger partial charge in [-0.2, -0.15) is 5.26 Å². The van der Waals surface area contributed by atoms with Crippen LogP contribution in [0.25, 0.3) is 0 Å². The van der Waals surface area contributed by atoms with Crippen LogP contribution in [0.15, 0.2) is 36.4 Å². The van der Waals surface area contributed by atoms with E-state index in [1.165, 1.54) is 6.07 Å². The molecule has 1 fully saturated rings. The predicted octanol–water partition coefficient (Wildman–Crippen LogP) is 3.48. The Labute approximate surface area is 135 Å². The molecule has 1 N–H and O–H groups in total. The molecule has 1 atom stereocenters. The van der Waals surface area contributed by atoms with Gasteiger partial charge in [0, 0.05) is 24.8 Å². The van der Waals surface area contributed by atoms with Gasteiger partial charge in [-0.05, 0) is 49.6 Å². The SMILES string of the molecule is Cc1ccc(NC2CCCN(c3cccc(F)c3)C2)nc1C#N. The van der Waals surface area contributed by atoms with Crippen molar-refractivity contribution in [2.24, 2.45) is 0 Å². The van der Waals surface area contributed by atoms with Crippen LogP contribution in [0, 0.1) is 24.1 Å². The minimum absolute atomic E-state index is 0.212. The van der Waals surface area contributed by atoms with E-state index in [9.17, 15) is 4.39 Å². The summed E-state index contributed by atoms with van der Waals surface area (Å²) in [7, 11) is 0. The summed E-state index contributed by atoms with van der Waals surface area (Å²) in [5.74, 6) is 0.509. The molecule has 1 aliphatic rings. The van der Waals surface area contributed by atoms with Crippen LogP contribution in [-0.2, 0) is 0 Å². The topological polar surface area (TPSA) is 52.0 Å². The van der Waals surface area contributed by atoms with Crippen LogP contribution in [0.1, 0.15) is 24.1 Å². The third-order valence-corrected chi connectivity index (χ3v) is 4.15. The number of hydrogen-bond acceptors (Lipinski definition) is 4. The zero-order valence-electron chi connectivity index (χ0n) is 13.1. The van der Waals surface area contributed by atoms with Gasteiger partial charge in [0.05, 0.1) is 0 Å². The van der Waals surface area contributed by atoms with E-state index < -0.39 is 0 Å². The summed E-state index contributed by atoms with van der Waals surface area (Å²) in [6.45, 7) is 3.59. The van der Waals surface area contributed by atoms with Crippen molar-refractivity contribution in [2.75, 3.05) is 23.3 Å². The van der Waals surface area contributed by atoms with Crippen LogP contribution in [0.2, 0.25) is 0 Å². The number of aromatic nitrogens is 1. The second-order valence-corrected chi connectivity index (χ2v) is 5.88. The van der Waals surface area contributed by atoms with Gasteiger partial charge in [-0.3, -0.25) is 0 Å². The van der Waals surface area contributed by atoms with E-state index in [2.05, 4.69) is 21.3 Å². The average Bonchev–Trinajstić information content (AvgIpc) is 2.57. The summed E-state index contributed by atoms with van der Waals surface area (Å²) in [6.07, 6.45) is 2.06. The average molecular weight is 310 g/mol. The van der Waals surface area contributed by atoms with Gasteiger partial charge in [-0.15, -0.1) is 0 Å². The lowest BCUT2D eigenvalue weighted by atomic mass is 10.0. The summed E-state index contributed by atoms with van der Waals surface area (Å²) in [5, 5.41) is 12.5. The monoisotopic (exact) mass is 310 g/mol.